The van der Waals surface area contributed by atoms with Gasteiger partial charge >= 0.3 is 0 Å². The molecule has 0 aliphatic carbocycles. The zero-order valence-electron chi connectivity index (χ0n) is 16.0. The van der Waals surface area contributed by atoms with E-state index in [9.17, 15) is 9.59 Å². The zero-order chi connectivity index (χ0) is 21.1. The molecule has 2 aromatic carbocycles. The van der Waals surface area contributed by atoms with Crippen LogP contribution in [0.25, 0.3) is 11.3 Å². The highest BCUT2D eigenvalue weighted by Crippen LogP contribution is 2.31. The lowest BCUT2D eigenvalue weighted by Crippen LogP contribution is -2.23. The Hall–Kier alpha value is -2.83. The largest absolute Gasteiger partial charge is 0.441 e. The summed E-state index contributed by atoms with van der Waals surface area (Å²) < 4.78 is 5.72. The highest BCUT2D eigenvalue weighted by Gasteiger charge is 2.21. The second-order valence-electron chi connectivity index (χ2n) is 6.99. The van der Waals surface area contributed by atoms with Crippen molar-refractivity contribution in [1.82, 2.24) is 4.98 Å². The Morgan fingerprint density at radius 1 is 1.17 bits per heavy atom. The van der Waals surface area contributed by atoms with Gasteiger partial charge in [0.2, 0.25) is 11.8 Å². The summed E-state index contributed by atoms with van der Waals surface area (Å²) in [6, 6.07) is 12.4. The summed E-state index contributed by atoms with van der Waals surface area (Å²) in [5.41, 5.74) is 2.22. The first kappa shape index (κ1) is 20.4. The van der Waals surface area contributed by atoms with Gasteiger partial charge in [0, 0.05) is 47.8 Å². The lowest BCUT2D eigenvalue weighted by Gasteiger charge is -2.16. The van der Waals surface area contributed by atoms with Crippen molar-refractivity contribution in [3.05, 3.63) is 64.6 Å². The van der Waals surface area contributed by atoms with Crippen LogP contribution >= 0.6 is 23.2 Å². The van der Waals surface area contributed by atoms with Crippen molar-refractivity contribution in [2.24, 2.45) is 0 Å². The SMILES string of the molecule is O=C(CCc1ncc(-c2ccc(Cl)cc2Cl)o1)Nc1ccc(N2CCCC2=O)cc1. The van der Waals surface area contributed by atoms with E-state index in [1.807, 2.05) is 12.1 Å². The Bertz CT molecular complexity index is 1080. The topological polar surface area (TPSA) is 75.4 Å². The summed E-state index contributed by atoms with van der Waals surface area (Å²) in [6.45, 7) is 0.740. The number of aromatic nitrogens is 1. The summed E-state index contributed by atoms with van der Waals surface area (Å²) in [5.74, 6) is 0.967. The molecule has 0 spiro atoms. The van der Waals surface area contributed by atoms with Crippen LogP contribution in [0.4, 0.5) is 11.4 Å². The Morgan fingerprint density at radius 3 is 2.67 bits per heavy atom. The molecule has 0 bridgehead atoms. The number of carbonyl (C=O) groups is 2. The molecule has 1 N–H and O–H groups in total. The van der Waals surface area contributed by atoms with E-state index in [1.165, 1.54) is 0 Å². The Kier molecular flexibility index (Phi) is 6.06. The normalized spacial score (nSPS) is 13.7. The molecule has 0 radical (unpaired) electrons. The second kappa shape index (κ2) is 8.90. The smallest absolute Gasteiger partial charge is 0.227 e. The fourth-order valence-corrected chi connectivity index (χ4v) is 3.83. The number of carbonyl (C=O) groups excluding carboxylic acids is 2. The Morgan fingerprint density at radius 2 is 1.97 bits per heavy atom. The molecule has 30 heavy (non-hydrogen) atoms. The average Bonchev–Trinajstić information content (AvgIpc) is 3.36. The minimum absolute atomic E-state index is 0.136. The predicted molar refractivity (Wildman–Crippen MR) is 117 cm³/mol. The molecule has 154 valence electrons. The van der Waals surface area contributed by atoms with Gasteiger partial charge in [0.25, 0.3) is 0 Å². The molecule has 3 aromatic rings. The fraction of sp³-hybridized carbons (Fsp3) is 0.227. The first-order valence-electron chi connectivity index (χ1n) is 9.60. The van der Waals surface area contributed by atoms with E-state index < -0.39 is 0 Å². The summed E-state index contributed by atoms with van der Waals surface area (Å²) >= 11 is 12.1. The molecule has 1 saturated heterocycles. The van der Waals surface area contributed by atoms with Crippen LogP contribution in [0.2, 0.25) is 10.0 Å². The molecule has 2 amide bonds. The van der Waals surface area contributed by atoms with E-state index in [4.69, 9.17) is 27.6 Å². The molecule has 0 unspecified atom stereocenters. The third-order valence-electron chi connectivity index (χ3n) is 4.85. The molecule has 1 aromatic heterocycles. The van der Waals surface area contributed by atoms with Gasteiger partial charge in [-0.1, -0.05) is 23.2 Å². The number of nitrogens with zero attached hydrogens (tertiary/aromatic N) is 2. The maximum atomic E-state index is 12.3. The number of rotatable bonds is 6. The van der Waals surface area contributed by atoms with Gasteiger partial charge in [-0.3, -0.25) is 9.59 Å². The Labute approximate surface area is 183 Å². The van der Waals surface area contributed by atoms with Crippen LogP contribution in [0.5, 0.6) is 0 Å². The van der Waals surface area contributed by atoms with Gasteiger partial charge in [-0.2, -0.15) is 0 Å². The maximum Gasteiger partial charge on any atom is 0.227 e. The number of anilines is 2. The number of hydrogen-bond acceptors (Lipinski definition) is 4. The number of oxazole rings is 1. The Balaban J connectivity index is 1.32. The molecule has 1 aliphatic heterocycles. The van der Waals surface area contributed by atoms with Gasteiger partial charge in [0.05, 0.1) is 11.2 Å². The molecule has 0 saturated carbocycles. The number of hydrogen-bond donors (Lipinski definition) is 1. The van der Waals surface area contributed by atoms with Crippen LogP contribution in [0.1, 0.15) is 25.2 Å². The summed E-state index contributed by atoms with van der Waals surface area (Å²) in [7, 11) is 0. The molecule has 4 rings (SSSR count). The minimum atomic E-state index is -0.149. The van der Waals surface area contributed by atoms with Crippen LogP contribution < -0.4 is 10.2 Å². The van der Waals surface area contributed by atoms with Crippen molar-refractivity contribution in [3.63, 3.8) is 0 Å². The minimum Gasteiger partial charge on any atom is -0.441 e. The van der Waals surface area contributed by atoms with Crippen LogP contribution in [0.3, 0.4) is 0 Å². The van der Waals surface area contributed by atoms with Crippen LogP contribution in [-0.2, 0) is 16.0 Å². The molecule has 8 heteroatoms. The monoisotopic (exact) mass is 443 g/mol. The van der Waals surface area contributed by atoms with E-state index >= 15 is 0 Å². The third-order valence-corrected chi connectivity index (χ3v) is 5.40. The highest BCUT2D eigenvalue weighted by atomic mass is 35.5. The van der Waals surface area contributed by atoms with Crippen LogP contribution in [-0.4, -0.2) is 23.3 Å². The van der Waals surface area contributed by atoms with Crippen molar-refractivity contribution in [2.75, 3.05) is 16.8 Å². The maximum absolute atomic E-state index is 12.3. The van der Waals surface area contributed by atoms with Crippen molar-refractivity contribution in [3.8, 4) is 11.3 Å². The van der Waals surface area contributed by atoms with Gasteiger partial charge in [0.15, 0.2) is 11.7 Å². The molecule has 2 heterocycles. The summed E-state index contributed by atoms with van der Waals surface area (Å²) in [5, 5.41) is 3.86. The number of nitrogens with one attached hydrogen (secondary N) is 1. The van der Waals surface area contributed by atoms with Crippen LogP contribution in [0, 0.1) is 0 Å². The van der Waals surface area contributed by atoms with E-state index in [0.29, 0.717) is 45.8 Å². The highest BCUT2D eigenvalue weighted by molar-refractivity contribution is 6.36. The van der Waals surface area contributed by atoms with Gasteiger partial charge < -0.3 is 14.6 Å². The lowest BCUT2D eigenvalue weighted by molar-refractivity contribution is -0.117. The van der Waals surface area contributed by atoms with Crippen LogP contribution in [0.15, 0.2) is 53.1 Å². The van der Waals surface area contributed by atoms with Crippen molar-refractivity contribution < 1.29 is 14.0 Å². The van der Waals surface area contributed by atoms with Gasteiger partial charge in [-0.15, -0.1) is 0 Å². The molecule has 1 fully saturated rings. The van der Waals surface area contributed by atoms with Crippen molar-refractivity contribution in [2.45, 2.75) is 25.7 Å². The third kappa shape index (κ3) is 4.66. The molecular formula is C22H19Cl2N3O3. The van der Waals surface area contributed by atoms with Crippen molar-refractivity contribution >= 4 is 46.4 Å². The zero-order valence-corrected chi connectivity index (χ0v) is 17.5. The molecule has 1 aliphatic rings. The standard InChI is InChI=1S/C22H19Cl2N3O3/c23-14-3-8-17(18(24)12-14)19-13-25-21(30-19)10-9-20(28)26-15-4-6-16(7-5-15)27-11-1-2-22(27)29/h3-8,12-13H,1-2,9-11H2,(H,26,28). The van der Waals surface area contributed by atoms with Gasteiger partial charge in [0.1, 0.15) is 0 Å². The number of amides is 2. The number of aryl methyl sites for hydroxylation is 1. The van der Waals surface area contributed by atoms with E-state index in [0.717, 1.165) is 18.7 Å². The molecule has 0 atom stereocenters. The average molecular weight is 444 g/mol. The predicted octanol–water partition coefficient (Wildman–Crippen LogP) is 5.35. The quantitative estimate of drug-likeness (QED) is 0.557. The first-order chi connectivity index (χ1) is 14.5. The van der Waals surface area contributed by atoms with E-state index in [1.54, 1.807) is 41.4 Å². The second-order valence-corrected chi connectivity index (χ2v) is 7.83. The number of halogens is 2. The first-order valence-corrected chi connectivity index (χ1v) is 10.4. The molecule has 6 nitrogen and oxygen atoms in total. The summed E-state index contributed by atoms with van der Waals surface area (Å²) in [4.78, 5) is 30.1. The van der Waals surface area contributed by atoms with E-state index in [2.05, 4.69) is 10.3 Å². The van der Waals surface area contributed by atoms with Gasteiger partial charge in [-0.05, 0) is 48.9 Å². The van der Waals surface area contributed by atoms with E-state index in [-0.39, 0.29) is 18.2 Å². The van der Waals surface area contributed by atoms with Crippen molar-refractivity contribution in [1.29, 1.82) is 0 Å². The fourth-order valence-electron chi connectivity index (χ4n) is 3.33. The molecular weight excluding hydrogens is 425 g/mol. The number of benzene rings is 2. The summed E-state index contributed by atoms with van der Waals surface area (Å²) in [6.07, 6.45) is 3.63. The van der Waals surface area contributed by atoms with Gasteiger partial charge in [-0.25, -0.2) is 4.98 Å². The lowest BCUT2D eigenvalue weighted by atomic mass is 10.2.